The number of amides is 2. The molecule has 9 heteroatoms. The highest BCUT2D eigenvalue weighted by molar-refractivity contribution is 5.91. The summed E-state index contributed by atoms with van der Waals surface area (Å²) in [7, 11) is 0. The lowest BCUT2D eigenvalue weighted by molar-refractivity contribution is -0.895. The molecule has 0 bridgehead atoms. The van der Waals surface area contributed by atoms with E-state index in [1.165, 1.54) is 12.1 Å². The van der Waals surface area contributed by atoms with Crippen LogP contribution in [-0.2, 0) is 9.59 Å². The third-order valence-corrected chi connectivity index (χ3v) is 4.49. The number of halogens is 3. The molecule has 3 rings (SSSR count). The number of hydrogen-bond acceptors (Lipinski definition) is 3. The highest BCUT2D eigenvalue weighted by atomic mass is 19.4. The van der Waals surface area contributed by atoms with Gasteiger partial charge in [-0.1, -0.05) is 0 Å². The van der Waals surface area contributed by atoms with Crippen molar-refractivity contribution >= 4 is 17.5 Å². The van der Waals surface area contributed by atoms with E-state index < -0.39 is 6.36 Å². The molecular weight excluding hydrogens is 351 g/mol. The van der Waals surface area contributed by atoms with Crippen molar-refractivity contribution in [3.63, 3.8) is 0 Å². The van der Waals surface area contributed by atoms with Crippen molar-refractivity contribution in [3.8, 4) is 5.75 Å². The van der Waals surface area contributed by atoms with Crippen molar-refractivity contribution in [1.82, 2.24) is 4.90 Å². The van der Waals surface area contributed by atoms with Gasteiger partial charge in [0.25, 0.3) is 5.91 Å². The molecule has 142 valence electrons. The third-order valence-electron chi connectivity index (χ3n) is 4.49. The van der Waals surface area contributed by atoms with E-state index in [1.54, 1.807) is 0 Å². The van der Waals surface area contributed by atoms with Crippen molar-refractivity contribution in [3.05, 3.63) is 24.3 Å². The van der Waals surface area contributed by atoms with Gasteiger partial charge in [-0.15, -0.1) is 13.2 Å². The van der Waals surface area contributed by atoms with Gasteiger partial charge < -0.3 is 19.9 Å². The van der Waals surface area contributed by atoms with E-state index in [-0.39, 0.29) is 30.0 Å². The standard InChI is InChI=1S/C17H20F3N3O3/c18-17(19,20)26-14-5-3-13(4-6-14)21-15(24)11-22-7-9-23(10-8-22)16(25)12-1-2-12/h3-6,12H,1-2,7-11H2,(H,21,24)/p+1. The van der Waals surface area contributed by atoms with Crippen LogP contribution >= 0.6 is 0 Å². The molecule has 1 aliphatic heterocycles. The Kier molecular flexibility index (Phi) is 5.36. The minimum Gasteiger partial charge on any atom is -0.406 e. The number of carbonyl (C=O) groups is 2. The number of carbonyl (C=O) groups excluding carboxylic acids is 2. The molecule has 0 aromatic heterocycles. The quantitative estimate of drug-likeness (QED) is 0.798. The van der Waals surface area contributed by atoms with E-state index in [1.807, 2.05) is 4.90 Å². The fourth-order valence-corrected chi connectivity index (χ4v) is 2.98. The number of nitrogens with zero attached hydrogens (tertiary/aromatic N) is 1. The number of hydrogen-bond donors (Lipinski definition) is 2. The van der Waals surface area contributed by atoms with Crippen molar-refractivity contribution < 1.29 is 32.4 Å². The van der Waals surface area contributed by atoms with Gasteiger partial charge in [-0.25, -0.2) is 0 Å². The number of nitrogens with one attached hydrogen (secondary N) is 2. The summed E-state index contributed by atoms with van der Waals surface area (Å²) in [6, 6.07) is 5.03. The number of quaternary nitrogens is 1. The van der Waals surface area contributed by atoms with Gasteiger partial charge in [0.2, 0.25) is 5.91 Å². The Balaban J connectivity index is 1.42. The lowest BCUT2D eigenvalue weighted by Gasteiger charge is -2.32. The zero-order chi connectivity index (χ0) is 18.7. The molecule has 2 N–H and O–H groups in total. The Hall–Kier alpha value is -2.29. The van der Waals surface area contributed by atoms with E-state index >= 15 is 0 Å². The van der Waals surface area contributed by atoms with Gasteiger partial charge in [0, 0.05) is 11.6 Å². The monoisotopic (exact) mass is 372 g/mol. The molecule has 1 aliphatic carbocycles. The topological polar surface area (TPSA) is 63.1 Å². The van der Waals surface area contributed by atoms with Gasteiger partial charge in [0.15, 0.2) is 6.54 Å². The van der Waals surface area contributed by atoms with Crippen LogP contribution in [0.3, 0.4) is 0 Å². The Morgan fingerprint density at radius 1 is 1.15 bits per heavy atom. The van der Waals surface area contributed by atoms with Crippen molar-refractivity contribution in [2.75, 3.05) is 38.0 Å². The fourth-order valence-electron chi connectivity index (χ4n) is 2.98. The van der Waals surface area contributed by atoms with Gasteiger partial charge in [-0.2, -0.15) is 0 Å². The Morgan fingerprint density at radius 2 is 1.77 bits per heavy atom. The first-order valence-electron chi connectivity index (χ1n) is 8.58. The number of alkyl halides is 3. The van der Waals surface area contributed by atoms with E-state index in [0.29, 0.717) is 31.9 Å². The van der Waals surface area contributed by atoms with Gasteiger partial charge in [0.1, 0.15) is 5.75 Å². The van der Waals surface area contributed by atoms with E-state index in [2.05, 4.69) is 10.1 Å². The summed E-state index contributed by atoms with van der Waals surface area (Å²) in [5.74, 6) is -0.108. The number of benzene rings is 1. The highest BCUT2D eigenvalue weighted by Gasteiger charge is 2.35. The zero-order valence-electron chi connectivity index (χ0n) is 14.1. The summed E-state index contributed by atoms with van der Waals surface area (Å²) >= 11 is 0. The van der Waals surface area contributed by atoms with Crippen LogP contribution in [0.2, 0.25) is 0 Å². The summed E-state index contributed by atoms with van der Waals surface area (Å²) in [4.78, 5) is 27.1. The Labute approximate surface area is 148 Å². The largest absolute Gasteiger partial charge is 0.573 e. The molecule has 6 nitrogen and oxygen atoms in total. The molecule has 1 aromatic rings. The normalized spacial score (nSPS) is 18.5. The van der Waals surface area contributed by atoms with Crippen LogP contribution in [-0.4, -0.2) is 55.8 Å². The van der Waals surface area contributed by atoms with Crippen LogP contribution in [0.4, 0.5) is 18.9 Å². The van der Waals surface area contributed by atoms with Crippen molar-refractivity contribution in [1.29, 1.82) is 0 Å². The highest BCUT2D eigenvalue weighted by Crippen LogP contribution is 2.30. The van der Waals surface area contributed by atoms with Crippen LogP contribution < -0.4 is 15.0 Å². The average molecular weight is 372 g/mol. The molecule has 2 aliphatic rings. The Bertz CT molecular complexity index is 651. The maximum atomic E-state index is 12.1. The first-order valence-corrected chi connectivity index (χ1v) is 8.58. The molecule has 0 unspecified atom stereocenters. The predicted molar refractivity (Wildman–Crippen MR) is 86.6 cm³/mol. The van der Waals surface area contributed by atoms with Crippen molar-refractivity contribution in [2.45, 2.75) is 19.2 Å². The molecule has 1 heterocycles. The van der Waals surface area contributed by atoms with Crippen LogP contribution in [0.25, 0.3) is 0 Å². The van der Waals surface area contributed by atoms with Crippen molar-refractivity contribution in [2.24, 2.45) is 5.92 Å². The smallest absolute Gasteiger partial charge is 0.406 e. The molecule has 26 heavy (non-hydrogen) atoms. The molecular formula is C17H21F3N3O3+. The second-order valence-corrected chi connectivity index (χ2v) is 6.65. The molecule has 1 saturated heterocycles. The van der Waals surface area contributed by atoms with Crippen LogP contribution in [0, 0.1) is 5.92 Å². The first-order chi connectivity index (χ1) is 12.3. The molecule has 0 atom stereocenters. The summed E-state index contributed by atoms with van der Waals surface area (Å²) < 4.78 is 40.1. The van der Waals surface area contributed by atoms with Gasteiger partial charge in [-0.3, -0.25) is 9.59 Å². The number of anilines is 1. The second kappa shape index (κ2) is 7.53. The Morgan fingerprint density at radius 3 is 2.31 bits per heavy atom. The van der Waals surface area contributed by atoms with Crippen LogP contribution in [0.5, 0.6) is 5.75 Å². The van der Waals surface area contributed by atoms with Gasteiger partial charge >= 0.3 is 6.36 Å². The SMILES string of the molecule is O=C(C[NH+]1CCN(C(=O)C2CC2)CC1)Nc1ccc(OC(F)(F)F)cc1. The molecule has 0 spiro atoms. The lowest BCUT2D eigenvalue weighted by atomic mass is 10.2. The predicted octanol–water partition coefficient (Wildman–Crippen LogP) is 0.661. The summed E-state index contributed by atoms with van der Waals surface area (Å²) in [5.41, 5.74) is 0.409. The van der Waals surface area contributed by atoms with Gasteiger partial charge in [0.05, 0.1) is 26.2 Å². The minimum atomic E-state index is -4.74. The van der Waals surface area contributed by atoms with Crippen LogP contribution in [0.1, 0.15) is 12.8 Å². The fraction of sp³-hybridized carbons (Fsp3) is 0.529. The maximum Gasteiger partial charge on any atom is 0.573 e. The number of rotatable bonds is 5. The van der Waals surface area contributed by atoms with E-state index in [9.17, 15) is 22.8 Å². The minimum absolute atomic E-state index is 0.212. The molecule has 2 fully saturated rings. The summed E-state index contributed by atoms with van der Waals surface area (Å²) in [6.45, 7) is 2.99. The molecule has 1 saturated carbocycles. The average Bonchev–Trinajstić information content (AvgIpc) is 3.40. The van der Waals surface area contributed by atoms with E-state index in [0.717, 1.165) is 29.9 Å². The summed E-state index contributed by atoms with van der Waals surface area (Å²) in [6.07, 6.45) is -2.76. The summed E-state index contributed by atoms with van der Waals surface area (Å²) in [5, 5.41) is 2.66. The van der Waals surface area contributed by atoms with Gasteiger partial charge in [-0.05, 0) is 37.1 Å². The zero-order valence-corrected chi connectivity index (χ0v) is 14.1. The van der Waals surface area contributed by atoms with Crippen LogP contribution in [0.15, 0.2) is 24.3 Å². The molecule has 2 amide bonds. The number of ether oxygens (including phenoxy) is 1. The lowest BCUT2D eigenvalue weighted by Crippen LogP contribution is -3.15. The second-order valence-electron chi connectivity index (χ2n) is 6.65. The molecule has 0 radical (unpaired) electrons. The third kappa shape index (κ3) is 5.35. The van der Waals surface area contributed by atoms with E-state index in [4.69, 9.17) is 0 Å². The first kappa shape index (κ1) is 18.5. The number of piperazine rings is 1. The molecule has 1 aromatic carbocycles. The maximum absolute atomic E-state index is 12.1.